The average Bonchev–Trinajstić information content (AvgIpc) is 3.07. The summed E-state index contributed by atoms with van der Waals surface area (Å²) < 4.78 is 5.09. The number of fused-ring (bicyclic) bond motifs is 4. The SMILES string of the molecule is c1ccc(-c2ccc3c(c2)sc2cc(-c4ccccc4)cc4c2-n3c2ccc(-c3ccccc3)c3cccc4c32)cc1. The zero-order chi connectivity index (χ0) is 27.6. The fraction of sp³-hybridized carbons (Fsp3) is 0. The van der Waals surface area contributed by atoms with E-state index in [1.165, 1.54) is 81.0 Å². The first kappa shape index (κ1) is 23.5. The van der Waals surface area contributed by atoms with Crippen molar-refractivity contribution in [3.8, 4) is 39.1 Å². The highest BCUT2D eigenvalue weighted by Crippen LogP contribution is 2.46. The summed E-state index contributed by atoms with van der Waals surface area (Å²) in [7, 11) is 0. The Morgan fingerprint density at radius 2 is 1.00 bits per heavy atom. The third-order valence-electron chi connectivity index (χ3n) is 8.57. The summed E-state index contributed by atoms with van der Waals surface area (Å²) in [5.74, 6) is 0. The number of nitrogens with zero attached hydrogens (tertiary/aromatic N) is 1. The highest BCUT2D eigenvalue weighted by atomic mass is 32.1. The van der Waals surface area contributed by atoms with E-state index >= 15 is 0 Å². The second-order valence-corrected chi connectivity index (χ2v) is 12.0. The van der Waals surface area contributed by atoms with Crippen LogP contribution in [0.1, 0.15) is 0 Å². The Hall–Kier alpha value is -5.18. The van der Waals surface area contributed by atoms with Crippen LogP contribution in [0, 0.1) is 0 Å². The molecule has 0 spiro atoms. The van der Waals surface area contributed by atoms with Gasteiger partial charge in [-0.3, -0.25) is 0 Å². The average molecular weight is 552 g/mol. The Morgan fingerprint density at radius 3 is 1.74 bits per heavy atom. The molecule has 9 rings (SSSR count). The molecule has 0 radical (unpaired) electrons. The molecule has 0 aliphatic carbocycles. The Bertz CT molecular complexity index is 2380. The molecule has 2 heteroatoms. The van der Waals surface area contributed by atoms with Crippen molar-refractivity contribution in [3.05, 3.63) is 152 Å². The Kier molecular flexibility index (Phi) is 5.13. The maximum Gasteiger partial charge on any atom is 0.0713 e. The molecular weight excluding hydrogens is 527 g/mol. The molecule has 1 nitrogen and oxygen atoms in total. The van der Waals surface area contributed by atoms with E-state index in [-0.39, 0.29) is 0 Å². The minimum atomic E-state index is 1.24. The van der Waals surface area contributed by atoms with Crippen molar-refractivity contribution < 1.29 is 0 Å². The summed E-state index contributed by atoms with van der Waals surface area (Å²) in [6, 6.07) is 55.4. The monoisotopic (exact) mass is 551 g/mol. The first-order valence-corrected chi connectivity index (χ1v) is 15.2. The Labute approximate surface area is 247 Å². The van der Waals surface area contributed by atoms with Crippen molar-refractivity contribution in [3.63, 3.8) is 0 Å². The van der Waals surface area contributed by atoms with Crippen LogP contribution >= 0.6 is 11.3 Å². The van der Waals surface area contributed by atoms with E-state index in [1.54, 1.807) is 0 Å². The molecule has 0 aromatic heterocycles. The van der Waals surface area contributed by atoms with Crippen LogP contribution in [-0.4, -0.2) is 4.57 Å². The van der Waals surface area contributed by atoms with E-state index in [9.17, 15) is 0 Å². The maximum absolute atomic E-state index is 2.52. The lowest BCUT2D eigenvalue weighted by Gasteiger charge is -2.25. The van der Waals surface area contributed by atoms with Gasteiger partial charge in [0.2, 0.25) is 0 Å². The molecule has 42 heavy (non-hydrogen) atoms. The number of hydrogen-bond donors (Lipinski definition) is 0. The quantitative estimate of drug-likeness (QED) is 0.152. The van der Waals surface area contributed by atoms with E-state index in [1.807, 2.05) is 11.3 Å². The van der Waals surface area contributed by atoms with E-state index < -0.39 is 0 Å². The molecule has 0 saturated carbocycles. The number of aromatic nitrogens is 1. The number of hydrogen-bond acceptors (Lipinski definition) is 1. The van der Waals surface area contributed by atoms with Gasteiger partial charge in [0.15, 0.2) is 0 Å². The summed E-state index contributed by atoms with van der Waals surface area (Å²) in [5, 5.41) is 5.19. The van der Waals surface area contributed by atoms with Gasteiger partial charge in [0, 0.05) is 10.8 Å². The van der Waals surface area contributed by atoms with Gasteiger partial charge in [0.1, 0.15) is 0 Å². The molecule has 0 atom stereocenters. The largest absolute Gasteiger partial charge is 0.306 e. The molecule has 0 saturated heterocycles. The van der Waals surface area contributed by atoms with Gasteiger partial charge >= 0.3 is 0 Å². The van der Waals surface area contributed by atoms with Crippen molar-refractivity contribution in [2.24, 2.45) is 0 Å². The standard InChI is InChI=1S/C40H25NS/c1-4-11-26(12-5-1)29-19-21-35-37(24-29)42-38-25-30(27-13-6-2-7-14-27)23-34-33-18-10-17-32-31(28-15-8-3-9-16-28)20-22-36(39(32)33)41(35)40(34)38/h1-25H. The molecule has 196 valence electrons. The van der Waals surface area contributed by atoms with Crippen molar-refractivity contribution in [2.45, 2.75) is 0 Å². The maximum atomic E-state index is 2.52. The lowest BCUT2D eigenvalue weighted by atomic mass is 9.91. The minimum absolute atomic E-state index is 1.24. The van der Waals surface area contributed by atoms with Crippen LogP contribution in [0.15, 0.2) is 152 Å². The lowest BCUT2D eigenvalue weighted by Crippen LogP contribution is -2.05. The van der Waals surface area contributed by atoms with Gasteiger partial charge in [0.05, 0.1) is 26.1 Å². The first-order chi connectivity index (χ1) is 20.8. The predicted molar refractivity (Wildman–Crippen MR) is 181 cm³/mol. The van der Waals surface area contributed by atoms with Crippen molar-refractivity contribution in [2.75, 3.05) is 0 Å². The predicted octanol–water partition coefficient (Wildman–Crippen LogP) is 11.6. The zero-order valence-electron chi connectivity index (χ0n) is 22.8. The number of pyridine rings is 1. The van der Waals surface area contributed by atoms with Crippen LogP contribution in [0.4, 0.5) is 0 Å². The molecule has 0 fully saturated rings. The Morgan fingerprint density at radius 1 is 0.381 bits per heavy atom. The molecule has 2 aliphatic heterocycles. The molecule has 0 unspecified atom stereocenters. The van der Waals surface area contributed by atoms with Gasteiger partial charge in [-0.15, -0.1) is 11.3 Å². The van der Waals surface area contributed by atoms with Crippen LogP contribution in [0.25, 0.3) is 81.0 Å². The molecule has 0 N–H and O–H groups in total. The van der Waals surface area contributed by atoms with E-state index in [0.29, 0.717) is 0 Å². The van der Waals surface area contributed by atoms with Crippen LogP contribution in [-0.2, 0) is 0 Å². The molecule has 0 amide bonds. The molecule has 7 aromatic carbocycles. The minimum Gasteiger partial charge on any atom is -0.306 e. The smallest absolute Gasteiger partial charge is 0.0713 e. The van der Waals surface area contributed by atoms with Crippen LogP contribution < -0.4 is 0 Å². The van der Waals surface area contributed by atoms with Gasteiger partial charge in [-0.2, -0.15) is 0 Å². The molecule has 2 aliphatic rings. The van der Waals surface area contributed by atoms with Crippen molar-refractivity contribution in [1.82, 2.24) is 4.57 Å². The summed E-state index contributed by atoms with van der Waals surface area (Å²) in [5.41, 5.74) is 11.3. The van der Waals surface area contributed by atoms with Crippen LogP contribution in [0.5, 0.6) is 0 Å². The fourth-order valence-corrected chi connectivity index (χ4v) is 7.84. The van der Waals surface area contributed by atoms with E-state index in [4.69, 9.17) is 0 Å². The third-order valence-corrected chi connectivity index (χ3v) is 9.65. The number of rotatable bonds is 3. The summed E-state index contributed by atoms with van der Waals surface area (Å²) in [6.45, 7) is 0. The molecule has 2 heterocycles. The topological polar surface area (TPSA) is 4.93 Å². The van der Waals surface area contributed by atoms with Crippen molar-refractivity contribution in [1.29, 1.82) is 0 Å². The molecular formula is C40H25NS. The van der Waals surface area contributed by atoms with Crippen molar-refractivity contribution >= 4 is 53.3 Å². The highest BCUT2D eigenvalue weighted by Gasteiger charge is 2.22. The van der Waals surface area contributed by atoms with Gasteiger partial charge in [-0.1, -0.05) is 121 Å². The summed E-state index contributed by atoms with van der Waals surface area (Å²) in [6.07, 6.45) is 0. The normalized spacial score (nSPS) is 11.8. The van der Waals surface area contributed by atoms with Gasteiger partial charge in [0.25, 0.3) is 0 Å². The third kappa shape index (κ3) is 3.49. The zero-order valence-corrected chi connectivity index (χ0v) is 23.6. The molecule has 7 aromatic rings. The first-order valence-electron chi connectivity index (χ1n) is 14.4. The van der Waals surface area contributed by atoms with Crippen LogP contribution in [0.2, 0.25) is 0 Å². The summed E-state index contributed by atoms with van der Waals surface area (Å²) >= 11 is 1.89. The summed E-state index contributed by atoms with van der Waals surface area (Å²) in [4.78, 5) is 0. The second-order valence-electron chi connectivity index (χ2n) is 10.9. The molecule has 0 bridgehead atoms. The van der Waals surface area contributed by atoms with E-state index in [0.717, 1.165) is 0 Å². The number of benzene rings is 7. The second kappa shape index (κ2) is 9.17. The highest BCUT2D eigenvalue weighted by molar-refractivity contribution is 7.24. The van der Waals surface area contributed by atoms with Gasteiger partial charge in [-0.05, 0) is 74.5 Å². The van der Waals surface area contributed by atoms with Gasteiger partial charge in [-0.25, -0.2) is 0 Å². The Balaban J connectivity index is 1.47. The lowest BCUT2D eigenvalue weighted by molar-refractivity contribution is 1.20. The fourth-order valence-electron chi connectivity index (χ4n) is 6.67. The van der Waals surface area contributed by atoms with E-state index in [2.05, 4.69) is 156 Å². The van der Waals surface area contributed by atoms with Crippen LogP contribution in [0.3, 0.4) is 0 Å². The van der Waals surface area contributed by atoms with Gasteiger partial charge < -0.3 is 4.57 Å².